The highest BCUT2D eigenvalue weighted by molar-refractivity contribution is 5.15. The lowest BCUT2D eigenvalue weighted by atomic mass is 9.99. The topological polar surface area (TPSA) is 48.3 Å². The van der Waals surface area contributed by atoms with Gasteiger partial charge in [-0.25, -0.2) is 0 Å². The van der Waals surface area contributed by atoms with Gasteiger partial charge < -0.3 is 9.64 Å². The zero-order valence-corrected chi connectivity index (χ0v) is 11.9. The Morgan fingerprint density at radius 2 is 2.21 bits per heavy atom. The van der Waals surface area contributed by atoms with Crippen molar-refractivity contribution in [3.63, 3.8) is 0 Å². The lowest BCUT2D eigenvalue weighted by Gasteiger charge is -2.28. The fourth-order valence-corrected chi connectivity index (χ4v) is 3.54. The van der Waals surface area contributed by atoms with Gasteiger partial charge in [0.25, 0.3) is 0 Å². The lowest BCUT2D eigenvalue weighted by molar-refractivity contribution is 0.0679. The van der Waals surface area contributed by atoms with Crippen LogP contribution in [0.25, 0.3) is 0 Å². The van der Waals surface area contributed by atoms with Gasteiger partial charge in [0.2, 0.25) is 0 Å². The Labute approximate surface area is 116 Å². The molecule has 3 unspecified atom stereocenters. The van der Waals surface area contributed by atoms with Gasteiger partial charge >= 0.3 is 0 Å². The first-order chi connectivity index (χ1) is 9.21. The maximum Gasteiger partial charge on any atom is 0.108 e. The number of likely N-dealkylation sites (N-methyl/N-ethyl adjacent to an activating group) is 1. The molecule has 1 saturated heterocycles. The molecule has 0 bridgehead atoms. The van der Waals surface area contributed by atoms with Crippen LogP contribution in [0, 0.1) is 11.3 Å². The molecule has 1 aliphatic heterocycles. The number of ether oxygens (including phenoxy) is 1. The normalized spacial score (nSPS) is 38.8. The molecule has 3 atom stereocenters. The summed E-state index contributed by atoms with van der Waals surface area (Å²) in [7, 11) is 2.19. The Morgan fingerprint density at radius 1 is 1.37 bits per heavy atom. The van der Waals surface area contributed by atoms with Gasteiger partial charge in [0, 0.05) is 25.2 Å². The third kappa shape index (κ3) is 3.10. The highest BCUT2D eigenvalue weighted by Gasteiger charge is 2.44. The molecule has 0 radical (unpaired) electrons. The summed E-state index contributed by atoms with van der Waals surface area (Å²) in [6.45, 7) is 1.95. The summed E-state index contributed by atoms with van der Waals surface area (Å²) in [5.74, 6) is 0. The standard InChI is InChI=1S/C15H25N3O/c1-18(10-14-3-2-8-19-14)13-6-7-15(9-13,11-16)17-12-4-5-12/h12-14,17H,2-10H2,1H3. The van der Waals surface area contributed by atoms with Gasteiger partial charge in [-0.15, -0.1) is 0 Å². The van der Waals surface area contributed by atoms with Crippen molar-refractivity contribution in [1.29, 1.82) is 5.26 Å². The molecule has 2 aliphatic carbocycles. The van der Waals surface area contributed by atoms with Crippen LogP contribution >= 0.6 is 0 Å². The minimum absolute atomic E-state index is 0.253. The molecule has 1 N–H and O–H groups in total. The molecule has 106 valence electrons. The molecule has 0 aromatic rings. The van der Waals surface area contributed by atoms with Crippen LogP contribution in [0.4, 0.5) is 0 Å². The molecule has 3 rings (SSSR count). The molecule has 4 heteroatoms. The van der Waals surface area contributed by atoms with Crippen molar-refractivity contribution in [2.45, 2.75) is 68.7 Å². The van der Waals surface area contributed by atoms with Crippen molar-refractivity contribution in [3.05, 3.63) is 0 Å². The van der Waals surface area contributed by atoms with Gasteiger partial charge in [-0.1, -0.05) is 0 Å². The Bertz CT molecular complexity index is 357. The Morgan fingerprint density at radius 3 is 2.84 bits per heavy atom. The summed E-state index contributed by atoms with van der Waals surface area (Å²) in [4.78, 5) is 2.42. The third-order valence-electron chi connectivity index (χ3n) is 4.90. The first-order valence-electron chi connectivity index (χ1n) is 7.71. The highest BCUT2D eigenvalue weighted by Crippen LogP contribution is 2.35. The summed E-state index contributed by atoms with van der Waals surface area (Å²) in [6, 6.07) is 3.71. The van der Waals surface area contributed by atoms with E-state index in [0.29, 0.717) is 18.2 Å². The summed E-state index contributed by atoms with van der Waals surface area (Å²) >= 11 is 0. The van der Waals surface area contributed by atoms with Crippen LogP contribution in [0.5, 0.6) is 0 Å². The SMILES string of the molecule is CN(CC1CCCO1)C1CCC(C#N)(NC2CC2)C1. The molecule has 3 fully saturated rings. The molecule has 3 aliphatic rings. The van der Waals surface area contributed by atoms with E-state index in [-0.39, 0.29) is 5.54 Å². The van der Waals surface area contributed by atoms with Crippen LogP contribution in [0.1, 0.15) is 44.9 Å². The summed E-state index contributed by atoms with van der Waals surface area (Å²) in [5, 5.41) is 13.1. The summed E-state index contributed by atoms with van der Waals surface area (Å²) in [5.41, 5.74) is -0.253. The smallest absolute Gasteiger partial charge is 0.108 e. The predicted molar refractivity (Wildman–Crippen MR) is 73.7 cm³/mol. The van der Waals surface area contributed by atoms with E-state index in [9.17, 15) is 5.26 Å². The van der Waals surface area contributed by atoms with E-state index >= 15 is 0 Å². The maximum absolute atomic E-state index is 9.52. The van der Waals surface area contributed by atoms with Crippen molar-refractivity contribution in [1.82, 2.24) is 10.2 Å². The molecular weight excluding hydrogens is 238 g/mol. The van der Waals surface area contributed by atoms with Gasteiger partial charge in [-0.2, -0.15) is 5.26 Å². The quantitative estimate of drug-likeness (QED) is 0.819. The van der Waals surface area contributed by atoms with E-state index in [2.05, 4.69) is 23.3 Å². The van der Waals surface area contributed by atoms with Crippen molar-refractivity contribution < 1.29 is 4.74 Å². The fraction of sp³-hybridized carbons (Fsp3) is 0.933. The molecule has 19 heavy (non-hydrogen) atoms. The van der Waals surface area contributed by atoms with E-state index < -0.39 is 0 Å². The molecule has 0 amide bonds. The molecule has 0 aromatic carbocycles. The van der Waals surface area contributed by atoms with Gasteiger partial charge in [-0.3, -0.25) is 5.32 Å². The third-order valence-corrected chi connectivity index (χ3v) is 4.90. The second-order valence-corrected chi connectivity index (χ2v) is 6.58. The predicted octanol–water partition coefficient (Wildman–Crippen LogP) is 1.66. The minimum Gasteiger partial charge on any atom is -0.377 e. The number of nitrogens with zero attached hydrogens (tertiary/aromatic N) is 2. The van der Waals surface area contributed by atoms with E-state index in [0.717, 1.165) is 32.4 Å². The van der Waals surface area contributed by atoms with Crippen LogP contribution < -0.4 is 5.32 Å². The highest BCUT2D eigenvalue weighted by atomic mass is 16.5. The first kappa shape index (κ1) is 13.4. The summed E-state index contributed by atoms with van der Waals surface area (Å²) < 4.78 is 5.71. The molecule has 4 nitrogen and oxygen atoms in total. The summed E-state index contributed by atoms with van der Waals surface area (Å²) in [6.07, 6.45) is 8.42. The largest absolute Gasteiger partial charge is 0.377 e. The van der Waals surface area contributed by atoms with E-state index in [1.54, 1.807) is 0 Å². The van der Waals surface area contributed by atoms with Crippen LogP contribution in [-0.4, -0.2) is 48.8 Å². The van der Waals surface area contributed by atoms with Crippen LogP contribution in [0.3, 0.4) is 0 Å². The van der Waals surface area contributed by atoms with Crippen molar-refractivity contribution in [3.8, 4) is 6.07 Å². The molecule has 0 aromatic heterocycles. The second kappa shape index (κ2) is 5.40. The zero-order valence-electron chi connectivity index (χ0n) is 11.9. The number of hydrogen-bond donors (Lipinski definition) is 1. The van der Waals surface area contributed by atoms with Gasteiger partial charge in [0.15, 0.2) is 0 Å². The Balaban J connectivity index is 1.53. The van der Waals surface area contributed by atoms with Crippen LogP contribution in [0.15, 0.2) is 0 Å². The van der Waals surface area contributed by atoms with Gasteiger partial charge in [-0.05, 0) is 52.0 Å². The monoisotopic (exact) mass is 263 g/mol. The number of hydrogen-bond acceptors (Lipinski definition) is 4. The van der Waals surface area contributed by atoms with Crippen molar-refractivity contribution in [2.75, 3.05) is 20.2 Å². The van der Waals surface area contributed by atoms with E-state index in [1.807, 2.05) is 0 Å². The first-order valence-corrected chi connectivity index (χ1v) is 7.71. The molecule has 2 saturated carbocycles. The Hall–Kier alpha value is -0.630. The van der Waals surface area contributed by atoms with Gasteiger partial charge in [0.1, 0.15) is 5.54 Å². The molecule has 1 heterocycles. The average Bonchev–Trinajstić information content (AvgIpc) is 2.92. The molecular formula is C15H25N3O. The van der Waals surface area contributed by atoms with Crippen LogP contribution in [0.2, 0.25) is 0 Å². The maximum atomic E-state index is 9.52. The zero-order chi connectivity index (χ0) is 13.3. The number of rotatable bonds is 5. The number of nitrogens with one attached hydrogen (secondary N) is 1. The lowest BCUT2D eigenvalue weighted by Crippen LogP contribution is -2.45. The average molecular weight is 263 g/mol. The minimum atomic E-state index is -0.253. The second-order valence-electron chi connectivity index (χ2n) is 6.58. The number of nitriles is 1. The van der Waals surface area contributed by atoms with Crippen molar-refractivity contribution >= 4 is 0 Å². The Kier molecular flexibility index (Phi) is 3.79. The van der Waals surface area contributed by atoms with Crippen LogP contribution in [-0.2, 0) is 4.74 Å². The van der Waals surface area contributed by atoms with E-state index in [4.69, 9.17) is 4.74 Å². The fourth-order valence-electron chi connectivity index (χ4n) is 3.54. The van der Waals surface area contributed by atoms with Gasteiger partial charge in [0.05, 0.1) is 12.2 Å². The molecule has 0 spiro atoms. The van der Waals surface area contributed by atoms with Crippen molar-refractivity contribution in [2.24, 2.45) is 0 Å². The van der Waals surface area contributed by atoms with E-state index in [1.165, 1.54) is 25.7 Å².